The van der Waals surface area contributed by atoms with E-state index in [1.54, 1.807) is 0 Å². The predicted molar refractivity (Wildman–Crippen MR) is 80.1 cm³/mol. The molecule has 2 aromatic carbocycles. The highest BCUT2D eigenvalue weighted by Gasteiger charge is 2.42. The molecule has 0 aliphatic heterocycles. The van der Waals surface area contributed by atoms with Gasteiger partial charge in [0.25, 0.3) is 0 Å². The Kier molecular flexibility index (Phi) is 3.18. The summed E-state index contributed by atoms with van der Waals surface area (Å²) in [5, 5.41) is 10.9. The Morgan fingerprint density at radius 3 is 2.53 bits per heavy atom. The Morgan fingerprint density at radius 2 is 1.74 bits per heavy atom. The smallest absolute Gasteiger partial charge is 0.164 e. The number of hydrogen-bond acceptors (Lipinski definition) is 1. The van der Waals surface area contributed by atoms with Crippen molar-refractivity contribution in [2.24, 2.45) is 0 Å². The number of rotatable bonds is 0. The molecule has 1 N–H and O–H groups in total. The molecule has 2 aromatic rings. The normalized spacial score (nSPS) is 24.4. The Hall–Kier alpha value is -1.56. The first-order chi connectivity index (χ1) is 9.20. The van der Waals surface area contributed by atoms with Crippen LogP contribution in [0.4, 0.5) is 0 Å². The van der Waals surface area contributed by atoms with Crippen LogP contribution in [0.3, 0.4) is 0 Å². The lowest BCUT2D eigenvalue weighted by atomic mass is 9.96. The minimum atomic E-state index is -1.10. The Morgan fingerprint density at radius 1 is 1.05 bits per heavy atom. The van der Waals surface area contributed by atoms with Crippen LogP contribution in [0, 0.1) is 11.8 Å². The summed E-state index contributed by atoms with van der Waals surface area (Å²) in [7, 11) is 0. The topological polar surface area (TPSA) is 20.2 Å². The number of aliphatic hydroxyl groups is 1. The summed E-state index contributed by atoms with van der Waals surface area (Å²) in [4.78, 5) is -0.0615. The van der Waals surface area contributed by atoms with Crippen LogP contribution in [-0.2, 0) is 12.0 Å². The van der Waals surface area contributed by atoms with Crippen LogP contribution in [0.1, 0.15) is 16.7 Å². The van der Waals surface area contributed by atoms with E-state index in [9.17, 15) is 5.11 Å². The van der Waals surface area contributed by atoms with Gasteiger partial charge >= 0.3 is 0 Å². The van der Waals surface area contributed by atoms with Crippen molar-refractivity contribution in [1.29, 1.82) is 0 Å². The van der Waals surface area contributed by atoms with Gasteiger partial charge in [0.2, 0.25) is 0 Å². The quantitative estimate of drug-likeness (QED) is 0.585. The molecule has 19 heavy (non-hydrogen) atoms. The van der Waals surface area contributed by atoms with E-state index >= 15 is 0 Å². The molecule has 0 spiro atoms. The van der Waals surface area contributed by atoms with E-state index in [0.717, 1.165) is 23.1 Å². The van der Waals surface area contributed by atoms with Crippen molar-refractivity contribution in [3.63, 3.8) is 0 Å². The third kappa shape index (κ3) is 2.20. The van der Waals surface area contributed by atoms with E-state index in [2.05, 4.69) is 27.8 Å². The number of halogens is 1. The molecular weight excluding hydrogens is 300 g/mol. The van der Waals surface area contributed by atoms with Gasteiger partial charge in [-0.2, -0.15) is 0 Å². The van der Waals surface area contributed by atoms with Gasteiger partial charge in [0.05, 0.1) is 4.83 Å². The fourth-order valence-corrected chi connectivity index (χ4v) is 3.12. The first-order valence-corrected chi connectivity index (χ1v) is 7.15. The molecular formula is C17H13BrO. The Bertz CT molecular complexity index is 654. The van der Waals surface area contributed by atoms with Crippen LogP contribution >= 0.6 is 15.9 Å². The fourth-order valence-electron chi connectivity index (χ4n) is 2.41. The summed E-state index contributed by atoms with van der Waals surface area (Å²) in [5.41, 5.74) is 1.89. The Labute approximate surface area is 121 Å². The second-order valence-corrected chi connectivity index (χ2v) is 5.82. The lowest BCUT2D eigenvalue weighted by molar-refractivity contribution is 0.110. The highest BCUT2D eigenvalue weighted by atomic mass is 79.9. The predicted octanol–water partition coefficient (Wildman–Crippen LogP) is 3.25. The van der Waals surface area contributed by atoms with Gasteiger partial charge in [-0.15, -0.1) is 0 Å². The maximum absolute atomic E-state index is 10.9. The maximum atomic E-state index is 10.9. The lowest BCUT2D eigenvalue weighted by Gasteiger charge is -2.21. The summed E-state index contributed by atoms with van der Waals surface area (Å²) in [6.07, 6.45) is 0.802. The summed E-state index contributed by atoms with van der Waals surface area (Å²) in [5.74, 6) is 6.11. The van der Waals surface area contributed by atoms with Crippen molar-refractivity contribution in [3.05, 3.63) is 71.3 Å². The molecule has 0 aromatic heterocycles. The molecule has 0 fully saturated rings. The molecule has 3 rings (SSSR count). The van der Waals surface area contributed by atoms with Crippen molar-refractivity contribution < 1.29 is 5.11 Å². The van der Waals surface area contributed by atoms with Crippen LogP contribution in [0.15, 0.2) is 54.6 Å². The van der Waals surface area contributed by atoms with Crippen LogP contribution < -0.4 is 0 Å². The largest absolute Gasteiger partial charge is 0.372 e. The molecule has 1 aliphatic carbocycles. The lowest BCUT2D eigenvalue weighted by Crippen LogP contribution is -2.30. The van der Waals surface area contributed by atoms with Gasteiger partial charge in [-0.05, 0) is 24.1 Å². The van der Waals surface area contributed by atoms with Gasteiger partial charge in [-0.3, -0.25) is 0 Å². The molecule has 0 radical (unpaired) electrons. The standard InChI is InChI=1S/C17H13BrO/c18-16-12-14-8-4-5-9-15(14)17(16,19)11-10-13-6-2-1-3-7-13/h1-9,16,19H,12H2/t16-,17+/m0/s1. The van der Waals surface area contributed by atoms with Crippen molar-refractivity contribution in [1.82, 2.24) is 0 Å². The molecule has 1 nitrogen and oxygen atoms in total. The van der Waals surface area contributed by atoms with Gasteiger partial charge in [0.1, 0.15) is 0 Å². The zero-order chi connectivity index (χ0) is 13.3. The summed E-state index contributed by atoms with van der Waals surface area (Å²) < 4.78 is 0. The second kappa shape index (κ2) is 4.85. The molecule has 0 saturated heterocycles. The number of alkyl halides is 1. The zero-order valence-electron chi connectivity index (χ0n) is 10.3. The molecule has 2 atom stereocenters. The summed E-state index contributed by atoms with van der Waals surface area (Å²) in [6, 6.07) is 17.7. The van der Waals surface area contributed by atoms with Gasteiger partial charge in [-0.1, -0.05) is 70.2 Å². The Balaban J connectivity index is 2.03. The van der Waals surface area contributed by atoms with Crippen molar-refractivity contribution in [2.45, 2.75) is 16.8 Å². The first-order valence-electron chi connectivity index (χ1n) is 6.23. The molecule has 0 bridgehead atoms. The van der Waals surface area contributed by atoms with Crippen molar-refractivity contribution >= 4 is 15.9 Å². The maximum Gasteiger partial charge on any atom is 0.164 e. The summed E-state index contributed by atoms with van der Waals surface area (Å²) >= 11 is 3.56. The second-order valence-electron chi connectivity index (χ2n) is 4.71. The third-order valence-corrected chi connectivity index (χ3v) is 4.44. The van der Waals surface area contributed by atoms with E-state index in [4.69, 9.17) is 0 Å². The van der Waals surface area contributed by atoms with Gasteiger partial charge < -0.3 is 5.11 Å². The minimum Gasteiger partial charge on any atom is -0.372 e. The fraction of sp³-hybridized carbons (Fsp3) is 0.176. The SMILES string of the molecule is O[C@]1(C#Cc2ccccc2)c2ccccc2C[C@@H]1Br. The third-order valence-electron chi connectivity index (χ3n) is 3.45. The monoisotopic (exact) mass is 312 g/mol. The van der Waals surface area contributed by atoms with Crippen LogP contribution in [0.25, 0.3) is 0 Å². The van der Waals surface area contributed by atoms with Gasteiger partial charge in [-0.25, -0.2) is 0 Å². The van der Waals surface area contributed by atoms with E-state index in [-0.39, 0.29) is 4.83 Å². The summed E-state index contributed by atoms with van der Waals surface area (Å²) in [6.45, 7) is 0. The number of hydrogen-bond donors (Lipinski definition) is 1. The molecule has 0 saturated carbocycles. The minimum absolute atomic E-state index is 0.0615. The van der Waals surface area contributed by atoms with E-state index < -0.39 is 5.60 Å². The van der Waals surface area contributed by atoms with Crippen molar-refractivity contribution in [3.8, 4) is 11.8 Å². The average Bonchev–Trinajstić information content (AvgIpc) is 2.71. The highest BCUT2D eigenvalue weighted by molar-refractivity contribution is 9.09. The number of fused-ring (bicyclic) bond motifs is 1. The molecule has 0 amide bonds. The van der Waals surface area contributed by atoms with Crippen LogP contribution in [-0.4, -0.2) is 9.93 Å². The first kappa shape index (κ1) is 12.5. The van der Waals surface area contributed by atoms with Crippen LogP contribution in [0.5, 0.6) is 0 Å². The molecule has 0 heterocycles. The van der Waals surface area contributed by atoms with E-state index in [1.807, 2.05) is 54.6 Å². The van der Waals surface area contributed by atoms with Crippen molar-refractivity contribution in [2.75, 3.05) is 0 Å². The van der Waals surface area contributed by atoms with Gasteiger partial charge in [0, 0.05) is 11.1 Å². The van der Waals surface area contributed by atoms with E-state index in [1.165, 1.54) is 0 Å². The molecule has 94 valence electrons. The molecule has 0 unspecified atom stereocenters. The zero-order valence-corrected chi connectivity index (χ0v) is 11.9. The molecule has 2 heteroatoms. The molecule has 1 aliphatic rings. The average molecular weight is 313 g/mol. The highest BCUT2D eigenvalue weighted by Crippen LogP contribution is 2.40. The number of benzene rings is 2. The van der Waals surface area contributed by atoms with E-state index in [0.29, 0.717) is 0 Å². The van der Waals surface area contributed by atoms with Crippen LogP contribution in [0.2, 0.25) is 0 Å². The van der Waals surface area contributed by atoms with Gasteiger partial charge in [0.15, 0.2) is 5.60 Å².